The Balaban J connectivity index is 1.68. The largest absolute Gasteiger partial charge is 0.481 e. The zero-order valence-electron chi connectivity index (χ0n) is 13.5. The highest BCUT2D eigenvalue weighted by atomic mass is 16.4. The number of carboxylic acid groups (broad SMARTS) is 1. The number of hydrogen-bond donors (Lipinski definition) is 2. The Morgan fingerprint density at radius 1 is 1.04 bits per heavy atom. The van der Waals surface area contributed by atoms with Crippen LogP contribution in [0, 0.1) is 0 Å². The third-order valence-corrected chi connectivity index (χ3v) is 4.44. The molecule has 3 rings (SSSR count). The molecule has 2 N–H and O–H groups in total. The second-order valence-corrected chi connectivity index (χ2v) is 6.26. The van der Waals surface area contributed by atoms with Crippen LogP contribution in [0.2, 0.25) is 0 Å². The number of aliphatic carboxylic acids is 1. The van der Waals surface area contributed by atoms with Gasteiger partial charge in [-0.25, -0.2) is 0 Å². The summed E-state index contributed by atoms with van der Waals surface area (Å²) in [6, 6.07) is 14.9. The van der Waals surface area contributed by atoms with Gasteiger partial charge in [-0.05, 0) is 41.5 Å². The minimum Gasteiger partial charge on any atom is -0.481 e. The van der Waals surface area contributed by atoms with Crippen molar-refractivity contribution in [2.75, 3.05) is 0 Å². The molecule has 124 valence electrons. The topological polar surface area (TPSA) is 66.4 Å². The monoisotopic (exact) mass is 323 g/mol. The molecule has 2 aromatic rings. The van der Waals surface area contributed by atoms with Crippen molar-refractivity contribution >= 4 is 11.9 Å². The minimum absolute atomic E-state index is 0.125. The van der Waals surface area contributed by atoms with Crippen LogP contribution in [-0.2, 0) is 28.9 Å². The van der Waals surface area contributed by atoms with Crippen molar-refractivity contribution in [3.63, 3.8) is 0 Å². The van der Waals surface area contributed by atoms with Gasteiger partial charge in [0.15, 0.2) is 0 Å². The molecule has 0 saturated carbocycles. The average Bonchev–Trinajstić information content (AvgIpc) is 3.02. The third-order valence-electron chi connectivity index (χ3n) is 4.44. The Kier molecular flexibility index (Phi) is 4.94. The van der Waals surface area contributed by atoms with Crippen molar-refractivity contribution in [2.24, 2.45) is 0 Å². The standard InChI is InChI=1S/C20H21NO3/c22-19(12-14-9-10-15-7-4-8-17(15)11-14)21-18(13-20(23)24)16-5-2-1-3-6-16/h1-3,5-6,9-11,18H,4,7-8,12-13H2,(H,21,22)(H,23,24). The number of amides is 1. The van der Waals surface area contributed by atoms with Gasteiger partial charge in [-0.15, -0.1) is 0 Å². The van der Waals surface area contributed by atoms with Crippen LogP contribution in [0.5, 0.6) is 0 Å². The average molecular weight is 323 g/mol. The Bertz CT molecular complexity index is 740. The molecule has 0 heterocycles. The van der Waals surface area contributed by atoms with E-state index in [-0.39, 0.29) is 18.7 Å². The lowest BCUT2D eigenvalue weighted by Crippen LogP contribution is -2.31. The summed E-state index contributed by atoms with van der Waals surface area (Å²) in [4.78, 5) is 23.5. The van der Waals surface area contributed by atoms with Gasteiger partial charge < -0.3 is 10.4 Å². The maximum Gasteiger partial charge on any atom is 0.305 e. The molecular weight excluding hydrogens is 302 g/mol. The molecule has 0 radical (unpaired) electrons. The van der Waals surface area contributed by atoms with Crippen molar-refractivity contribution in [3.05, 3.63) is 70.8 Å². The SMILES string of the molecule is O=C(O)CC(NC(=O)Cc1ccc2c(c1)CCC2)c1ccccc1. The predicted molar refractivity (Wildman–Crippen MR) is 91.7 cm³/mol. The van der Waals surface area contributed by atoms with E-state index >= 15 is 0 Å². The summed E-state index contributed by atoms with van der Waals surface area (Å²) < 4.78 is 0. The Hall–Kier alpha value is -2.62. The maximum atomic E-state index is 12.4. The van der Waals surface area contributed by atoms with Crippen LogP contribution in [0.25, 0.3) is 0 Å². The number of fused-ring (bicyclic) bond motifs is 1. The number of benzene rings is 2. The van der Waals surface area contributed by atoms with Gasteiger partial charge >= 0.3 is 5.97 Å². The number of nitrogens with one attached hydrogen (secondary N) is 1. The molecule has 1 aliphatic rings. The van der Waals surface area contributed by atoms with Gasteiger partial charge in [0.05, 0.1) is 18.9 Å². The Morgan fingerprint density at radius 3 is 2.54 bits per heavy atom. The molecule has 0 fully saturated rings. The number of carbonyl (C=O) groups is 2. The summed E-state index contributed by atoms with van der Waals surface area (Å²) >= 11 is 0. The molecule has 4 heteroatoms. The molecule has 1 atom stereocenters. The fourth-order valence-electron chi connectivity index (χ4n) is 3.28. The summed E-state index contributed by atoms with van der Waals surface area (Å²) in [7, 11) is 0. The summed E-state index contributed by atoms with van der Waals surface area (Å²) in [5, 5.41) is 12.0. The molecule has 0 bridgehead atoms. The van der Waals surface area contributed by atoms with Crippen LogP contribution in [0.4, 0.5) is 0 Å². The molecule has 1 amide bonds. The van der Waals surface area contributed by atoms with Gasteiger partial charge in [0.25, 0.3) is 0 Å². The zero-order chi connectivity index (χ0) is 16.9. The first-order valence-electron chi connectivity index (χ1n) is 8.28. The summed E-state index contributed by atoms with van der Waals surface area (Å²) in [5.74, 6) is -1.08. The first-order valence-corrected chi connectivity index (χ1v) is 8.28. The van der Waals surface area contributed by atoms with Crippen molar-refractivity contribution < 1.29 is 14.7 Å². The van der Waals surface area contributed by atoms with Gasteiger partial charge in [0, 0.05) is 0 Å². The van der Waals surface area contributed by atoms with Crippen LogP contribution in [-0.4, -0.2) is 17.0 Å². The molecule has 4 nitrogen and oxygen atoms in total. The van der Waals surface area contributed by atoms with Crippen molar-refractivity contribution in [2.45, 2.75) is 38.1 Å². The number of hydrogen-bond acceptors (Lipinski definition) is 2. The van der Waals surface area contributed by atoms with Crippen LogP contribution in [0.15, 0.2) is 48.5 Å². The van der Waals surface area contributed by atoms with E-state index in [2.05, 4.69) is 17.4 Å². The first-order chi connectivity index (χ1) is 11.6. The van der Waals surface area contributed by atoms with Gasteiger partial charge in [0.1, 0.15) is 0 Å². The number of carbonyl (C=O) groups excluding carboxylic acids is 1. The van der Waals surface area contributed by atoms with Gasteiger partial charge in [-0.2, -0.15) is 0 Å². The summed E-state index contributed by atoms with van der Waals surface area (Å²) in [6.45, 7) is 0. The fraction of sp³-hybridized carbons (Fsp3) is 0.300. The van der Waals surface area contributed by atoms with Gasteiger partial charge in [0.2, 0.25) is 5.91 Å². The second kappa shape index (κ2) is 7.30. The lowest BCUT2D eigenvalue weighted by atomic mass is 10.0. The zero-order valence-corrected chi connectivity index (χ0v) is 13.5. The highest BCUT2D eigenvalue weighted by Gasteiger charge is 2.18. The molecule has 2 aromatic carbocycles. The minimum atomic E-state index is -0.929. The van der Waals surface area contributed by atoms with Crippen molar-refractivity contribution in [1.29, 1.82) is 0 Å². The quantitative estimate of drug-likeness (QED) is 0.858. The molecule has 0 spiro atoms. The van der Waals surface area contributed by atoms with Crippen LogP contribution in [0.3, 0.4) is 0 Å². The van der Waals surface area contributed by atoms with Crippen LogP contribution in [0.1, 0.15) is 41.1 Å². The molecule has 1 aliphatic carbocycles. The molecule has 0 aromatic heterocycles. The molecular formula is C20H21NO3. The Morgan fingerprint density at radius 2 is 1.79 bits per heavy atom. The molecule has 1 unspecified atom stereocenters. The maximum absolute atomic E-state index is 12.4. The lowest BCUT2D eigenvalue weighted by molar-refractivity contribution is -0.137. The second-order valence-electron chi connectivity index (χ2n) is 6.26. The van der Waals surface area contributed by atoms with Crippen molar-refractivity contribution in [3.8, 4) is 0 Å². The molecule has 0 aliphatic heterocycles. The van der Waals surface area contributed by atoms with E-state index in [4.69, 9.17) is 5.11 Å². The highest BCUT2D eigenvalue weighted by Crippen LogP contribution is 2.23. The summed E-state index contributed by atoms with van der Waals surface area (Å²) in [6.07, 6.45) is 3.53. The smallest absolute Gasteiger partial charge is 0.305 e. The van der Waals surface area contributed by atoms with E-state index < -0.39 is 12.0 Å². The van der Waals surface area contributed by atoms with Crippen LogP contribution < -0.4 is 5.32 Å². The highest BCUT2D eigenvalue weighted by molar-refractivity contribution is 5.80. The van der Waals surface area contributed by atoms with Gasteiger partial charge in [-0.1, -0.05) is 48.5 Å². The molecule has 0 saturated heterocycles. The number of carboxylic acids is 1. The predicted octanol–water partition coefficient (Wildman–Crippen LogP) is 3.05. The van der Waals surface area contributed by atoms with Crippen LogP contribution >= 0.6 is 0 Å². The molecule has 24 heavy (non-hydrogen) atoms. The number of aryl methyl sites for hydroxylation is 2. The normalized spacial score (nSPS) is 14.0. The lowest BCUT2D eigenvalue weighted by Gasteiger charge is -2.17. The van der Waals surface area contributed by atoms with E-state index in [1.165, 1.54) is 17.5 Å². The van der Waals surface area contributed by atoms with E-state index in [1.54, 1.807) is 0 Å². The summed E-state index contributed by atoms with van der Waals surface area (Å²) in [5.41, 5.74) is 4.51. The third kappa shape index (κ3) is 4.02. The van der Waals surface area contributed by atoms with Gasteiger partial charge in [-0.3, -0.25) is 9.59 Å². The number of rotatable bonds is 6. The van der Waals surface area contributed by atoms with E-state index in [9.17, 15) is 9.59 Å². The van der Waals surface area contributed by atoms with E-state index in [1.807, 2.05) is 36.4 Å². The fourth-order valence-corrected chi connectivity index (χ4v) is 3.28. The Labute approximate surface area is 141 Å². The van der Waals surface area contributed by atoms with Crippen molar-refractivity contribution in [1.82, 2.24) is 5.32 Å². The van der Waals surface area contributed by atoms with E-state index in [0.717, 1.165) is 24.0 Å². The van der Waals surface area contributed by atoms with E-state index in [0.29, 0.717) is 0 Å². The first kappa shape index (κ1) is 16.2.